The summed E-state index contributed by atoms with van der Waals surface area (Å²) >= 11 is 4.38. The second-order valence-electron chi connectivity index (χ2n) is 11.3. The van der Waals surface area contributed by atoms with Crippen LogP contribution in [0.5, 0.6) is 0 Å². The van der Waals surface area contributed by atoms with Crippen molar-refractivity contribution in [3.05, 3.63) is 64.2 Å². The molecule has 3 rings (SSSR count). The molecule has 0 bridgehead atoms. The van der Waals surface area contributed by atoms with Crippen molar-refractivity contribution in [3.8, 4) is 0 Å². The summed E-state index contributed by atoms with van der Waals surface area (Å²) < 4.78 is 5.40. The van der Waals surface area contributed by atoms with Gasteiger partial charge in [0.1, 0.15) is 17.7 Å². The van der Waals surface area contributed by atoms with Crippen molar-refractivity contribution in [2.75, 3.05) is 11.1 Å². The molecule has 38 heavy (non-hydrogen) atoms. The minimum atomic E-state index is -0.949. The lowest BCUT2D eigenvalue weighted by Gasteiger charge is -2.43. The van der Waals surface area contributed by atoms with E-state index in [1.165, 1.54) is 0 Å². The Kier molecular flexibility index (Phi) is 9.52. The quantitative estimate of drug-likeness (QED) is 0.370. The van der Waals surface area contributed by atoms with Crippen molar-refractivity contribution in [2.45, 2.75) is 91.5 Å². The van der Waals surface area contributed by atoms with E-state index < -0.39 is 23.8 Å². The van der Waals surface area contributed by atoms with E-state index in [9.17, 15) is 14.4 Å². The summed E-state index contributed by atoms with van der Waals surface area (Å²) in [5.41, 5.74) is 4.66. The molecule has 2 atom stereocenters. The molecule has 1 fully saturated rings. The van der Waals surface area contributed by atoms with Gasteiger partial charge in [-0.25, -0.2) is 4.79 Å². The summed E-state index contributed by atoms with van der Waals surface area (Å²) in [4.78, 5) is 42.5. The number of anilines is 1. The van der Waals surface area contributed by atoms with Crippen molar-refractivity contribution in [3.63, 3.8) is 0 Å². The molecular weight excluding hydrogens is 498 g/mol. The normalized spacial score (nSPS) is 15.2. The van der Waals surface area contributed by atoms with Crippen LogP contribution in [-0.4, -0.2) is 46.2 Å². The second kappa shape index (κ2) is 12.2. The molecule has 3 amide bonds. The Bertz CT molecular complexity index is 1150. The van der Waals surface area contributed by atoms with Crippen LogP contribution in [0.3, 0.4) is 0 Å². The number of hydrogen-bond acceptors (Lipinski definition) is 5. The third-order valence-electron chi connectivity index (χ3n) is 6.71. The zero-order chi connectivity index (χ0) is 28.2. The fourth-order valence-electron chi connectivity index (χ4n) is 4.81. The minimum absolute atomic E-state index is 0.0688. The van der Waals surface area contributed by atoms with Crippen LogP contribution in [0.15, 0.2) is 36.4 Å². The van der Waals surface area contributed by atoms with Crippen LogP contribution in [0, 0.1) is 27.7 Å². The average Bonchev–Trinajstić information content (AvgIpc) is 2.76. The number of para-hydroxylation sites is 1. The van der Waals surface area contributed by atoms with Gasteiger partial charge in [-0.3, -0.25) is 9.59 Å². The SMILES string of the molecule is Cc1cc(C)cc(C(C(=O)Nc2c(C)cccc2C)N(C(=O)C(CS)NC(=O)OC(C)(C)C)C2CCC2)c1. The number of nitrogens with zero attached hydrogens (tertiary/aromatic N) is 1. The van der Waals surface area contributed by atoms with Gasteiger partial charge in [0.25, 0.3) is 5.91 Å². The van der Waals surface area contributed by atoms with Gasteiger partial charge in [0.05, 0.1) is 0 Å². The minimum Gasteiger partial charge on any atom is -0.444 e. The highest BCUT2D eigenvalue weighted by Gasteiger charge is 2.42. The standard InChI is InChI=1S/C30H41N3O4S/c1-18-14-19(2)16-22(15-18)26(27(34)32-25-20(3)10-8-11-21(25)4)33(23-12-9-13-23)28(35)24(17-38)31-29(36)37-30(5,6)7/h8,10-11,14-16,23-24,26,38H,9,12-13,17H2,1-7H3,(H,31,36)(H,32,34). The molecule has 7 nitrogen and oxygen atoms in total. The number of thiol groups is 1. The van der Waals surface area contributed by atoms with E-state index in [2.05, 4.69) is 23.3 Å². The zero-order valence-electron chi connectivity index (χ0n) is 23.6. The predicted octanol–water partition coefficient (Wildman–Crippen LogP) is 5.80. The van der Waals surface area contributed by atoms with Gasteiger partial charge in [-0.05, 0) is 84.4 Å². The third-order valence-corrected chi connectivity index (χ3v) is 7.07. The molecule has 8 heteroatoms. The fraction of sp³-hybridized carbons (Fsp3) is 0.500. The average molecular weight is 540 g/mol. The summed E-state index contributed by atoms with van der Waals surface area (Å²) in [6.45, 7) is 13.1. The Morgan fingerprint density at radius 2 is 1.61 bits per heavy atom. The lowest BCUT2D eigenvalue weighted by Crippen LogP contribution is -2.57. The van der Waals surface area contributed by atoms with Gasteiger partial charge in [-0.2, -0.15) is 12.6 Å². The third kappa shape index (κ3) is 7.31. The van der Waals surface area contributed by atoms with Crippen molar-refractivity contribution in [1.82, 2.24) is 10.2 Å². The van der Waals surface area contributed by atoms with Gasteiger partial charge >= 0.3 is 6.09 Å². The molecular formula is C30H41N3O4S. The number of carbonyl (C=O) groups excluding carboxylic acids is 3. The van der Waals surface area contributed by atoms with Crippen molar-refractivity contribution in [1.29, 1.82) is 0 Å². The summed E-state index contributed by atoms with van der Waals surface area (Å²) in [6.07, 6.45) is 1.85. The first-order valence-electron chi connectivity index (χ1n) is 13.2. The molecule has 1 aliphatic rings. The van der Waals surface area contributed by atoms with E-state index in [0.29, 0.717) is 0 Å². The highest BCUT2D eigenvalue weighted by molar-refractivity contribution is 7.80. The van der Waals surface area contributed by atoms with Gasteiger partial charge < -0.3 is 20.3 Å². The Balaban J connectivity index is 2.05. The Hall–Kier alpha value is -3.00. The molecule has 2 aromatic carbocycles. The molecule has 0 heterocycles. The maximum Gasteiger partial charge on any atom is 0.408 e. The summed E-state index contributed by atoms with van der Waals surface area (Å²) in [7, 11) is 0. The number of carbonyl (C=O) groups is 3. The van der Waals surface area contributed by atoms with Gasteiger partial charge in [-0.15, -0.1) is 0 Å². The molecule has 0 aliphatic heterocycles. The molecule has 0 radical (unpaired) electrons. The second-order valence-corrected chi connectivity index (χ2v) is 11.7. The predicted molar refractivity (Wildman–Crippen MR) is 155 cm³/mol. The van der Waals surface area contributed by atoms with Gasteiger partial charge in [0.15, 0.2) is 0 Å². The number of benzene rings is 2. The van der Waals surface area contributed by atoms with E-state index in [-0.39, 0.29) is 23.6 Å². The zero-order valence-corrected chi connectivity index (χ0v) is 24.4. The van der Waals surface area contributed by atoms with Crippen LogP contribution >= 0.6 is 12.6 Å². The first kappa shape index (κ1) is 29.6. The van der Waals surface area contributed by atoms with Crippen LogP contribution in [0.4, 0.5) is 10.5 Å². The first-order valence-corrected chi connectivity index (χ1v) is 13.8. The molecule has 2 aromatic rings. The molecule has 2 N–H and O–H groups in total. The number of ether oxygens (including phenoxy) is 1. The highest BCUT2D eigenvalue weighted by Crippen LogP contribution is 2.35. The maximum atomic E-state index is 14.1. The summed E-state index contributed by atoms with van der Waals surface area (Å²) in [5, 5.41) is 5.80. The van der Waals surface area contributed by atoms with Crippen LogP contribution in [0.2, 0.25) is 0 Å². The Morgan fingerprint density at radius 3 is 2.08 bits per heavy atom. The van der Waals surface area contributed by atoms with E-state index in [0.717, 1.165) is 52.8 Å². The molecule has 206 valence electrons. The number of amides is 3. The topological polar surface area (TPSA) is 87.7 Å². The number of alkyl carbamates (subject to hydrolysis) is 1. The van der Waals surface area contributed by atoms with E-state index in [1.54, 1.807) is 25.7 Å². The molecule has 0 saturated heterocycles. The fourth-order valence-corrected chi connectivity index (χ4v) is 5.05. The highest BCUT2D eigenvalue weighted by atomic mass is 32.1. The Morgan fingerprint density at radius 1 is 1.03 bits per heavy atom. The number of nitrogens with one attached hydrogen (secondary N) is 2. The summed E-state index contributed by atoms with van der Waals surface area (Å²) in [6, 6.07) is 9.85. The monoisotopic (exact) mass is 539 g/mol. The number of hydrogen-bond donors (Lipinski definition) is 3. The van der Waals surface area contributed by atoms with E-state index in [4.69, 9.17) is 4.74 Å². The first-order chi connectivity index (χ1) is 17.8. The van der Waals surface area contributed by atoms with E-state index in [1.807, 2.05) is 64.1 Å². The summed E-state index contributed by atoms with van der Waals surface area (Å²) in [5.74, 6) is -0.571. The molecule has 2 unspecified atom stereocenters. The largest absolute Gasteiger partial charge is 0.444 e. The van der Waals surface area contributed by atoms with Crippen molar-refractivity contribution < 1.29 is 19.1 Å². The van der Waals surface area contributed by atoms with Crippen LogP contribution in [-0.2, 0) is 14.3 Å². The van der Waals surface area contributed by atoms with E-state index >= 15 is 0 Å². The van der Waals surface area contributed by atoms with Gasteiger partial charge in [0, 0.05) is 17.5 Å². The number of aryl methyl sites for hydroxylation is 4. The van der Waals surface area contributed by atoms with Crippen molar-refractivity contribution in [2.24, 2.45) is 0 Å². The molecule has 0 aromatic heterocycles. The molecule has 1 aliphatic carbocycles. The van der Waals surface area contributed by atoms with Crippen LogP contribution < -0.4 is 10.6 Å². The number of rotatable bonds is 8. The smallest absolute Gasteiger partial charge is 0.408 e. The maximum absolute atomic E-state index is 14.1. The van der Waals surface area contributed by atoms with Crippen molar-refractivity contribution >= 4 is 36.2 Å². The van der Waals surface area contributed by atoms with Gasteiger partial charge in [0.2, 0.25) is 5.91 Å². The van der Waals surface area contributed by atoms with Crippen LogP contribution in [0.1, 0.15) is 73.9 Å². The Labute approximate surface area is 232 Å². The lowest BCUT2D eigenvalue weighted by atomic mass is 9.87. The van der Waals surface area contributed by atoms with Crippen LogP contribution in [0.25, 0.3) is 0 Å². The molecule has 1 saturated carbocycles. The molecule has 0 spiro atoms. The lowest BCUT2D eigenvalue weighted by molar-refractivity contribution is -0.145. The van der Waals surface area contributed by atoms with Gasteiger partial charge in [-0.1, -0.05) is 47.5 Å².